The van der Waals surface area contributed by atoms with E-state index in [0.717, 1.165) is 24.3 Å². The van der Waals surface area contributed by atoms with Crippen molar-refractivity contribution in [2.75, 3.05) is 6.61 Å². The van der Waals surface area contributed by atoms with E-state index in [4.69, 9.17) is 10.5 Å². The molecule has 1 aromatic heterocycles. The number of nitrogens with zero attached hydrogens (tertiary/aromatic N) is 1. The van der Waals surface area contributed by atoms with Gasteiger partial charge >= 0.3 is 0 Å². The van der Waals surface area contributed by atoms with E-state index in [0.29, 0.717) is 12.4 Å². The molecule has 0 saturated carbocycles. The summed E-state index contributed by atoms with van der Waals surface area (Å²) in [6, 6.07) is 3.95. The van der Waals surface area contributed by atoms with Crippen LogP contribution in [-0.4, -0.2) is 11.6 Å². The van der Waals surface area contributed by atoms with E-state index in [1.54, 1.807) is 0 Å². The predicted octanol–water partition coefficient (Wildman–Crippen LogP) is 2.81. The Morgan fingerprint density at radius 1 is 1.25 bits per heavy atom. The van der Waals surface area contributed by atoms with Crippen LogP contribution in [0, 0.1) is 6.92 Å². The molecule has 0 aliphatic heterocycles. The fourth-order valence-electron chi connectivity index (χ4n) is 1.54. The van der Waals surface area contributed by atoms with Crippen LogP contribution in [0.15, 0.2) is 12.1 Å². The SMILES string of the molecule is CCCCCCOc1nc(C)ccc1CN. The molecule has 0 spiro atoms. The van der Waals surface area contributed by atoms with Crippen molar-refractivity contribution in [2.24, 2.45) is 5.73 Å². The number of hydrogen-bond donors (Lipinski definition) is 1. The second-order valence-corrected chi connectivity index (χ2v) is 4.03. The third-order valence-electron chi connectivity index (χ3n) is 2.53. The lowest BCUT2D eigenvalue weighted by Crippen LogP contribution is -2.06. The van der Waals surface area contributed by atoms with Crippen LogP contribution in [0.2, 0.25) is 0 Å². The number of aromatic nitrogens is 1. The fraction of sp³-hybridized carbons (Fsp3) is 0.615. The molecular weight excluding hydrogens is 200 g/mol. The van der Waals surface area contributed by atoms with Crippen LogP contribution in [0.25, 0.3) is 0 Å². The van der Waals surface area contributed by atoms with Crippen molar-refractivity contribution in [1.29, 1.82) is 0 Å². The van der Waals surface area contributed by atoms with Gasteiger partial charge in [-0.25, -0.2) is 4.98 Å². The van der Waals surface area contributed by atoms with Crippen molar-refractivity contribution in [1.82, 2.24) is 4.98 Å². The molecule has 1 heterocycles. The molecule has 2 N–H and O–H groups in total. The highest BCUT2D eigenvalue weighted by Crippen LogP contribution is 2.15. The number of pyridine rings is 1. The standard InChI is InChI=1S/C13H22N2O/c1-3-4-5-6-9-16-13-12(10-14)8-7-11(2)15-13/h7-8H,3-6,9-10,14H2,1-2H3. The summed E-state index contributed by atoms with van der Waals surface area (Å²) in [7, 11) is 0. The number of rotatable bonds is 7. The molecule has 0 radical (unpaired) electrons. The van der Waals surface area contributed by atoms with Gasteiger partial charge in [0.15, 0.2) is 0 Å². The van der Waals surface area contributed by atoms with Crippen LogP contribution < -0.4 is 10.5 Å². The zero-order chi connectivity index (χ0) is 11.8. The van der Waals surface area contributed by atoms with Gasteiger partial charge in [-0.1, -0.05) is 32.3 Å². The number of unbranched alkanes of at least 4 members (excludes halogenated alkanes) is 3. The number of ether oxygens (including phenoxy) is 1. The second kappa shape index (κ2) is 7.23. The highest BCUT2D eigenvalue weighted by Gasteiger charge is 2.03. The molecule has 0 fully saturated rings. The highest BCUT2D eigenvalue weighted by atomic mass is 16.5. The first kappa shape index (κ1) is 13.0. The van der Waals surface area contributed by atoms with E-state index in [1.165, 1.54) is 19.3 Å². The van der Waals surface area contributed by atoms with Gasteiger partial charge in [-0.15, -0.1) is 0 Å². The molecule has 1 aromatic rings. The summed E-state index contributed by atoms with van der Waals surface area (Å²) in [4.78, 5) is 4.36. The van der Waals surface area contributed by atoms with Gasteiger partial charge in [0, 0.05) is 17.8 Å². The molecule has 3 nitrogen and oxygen atoms in total. The predicted molar refractivity (Wildman–Crippen MR) is 66.5 cm³/mol. The average molecular weight is 222 g/mol. The smallest absolute Gasteiger partial charge is 0.218 e. The van der Waals surface area contributed by atoms with Gasteiger partial charge in [0.2, 0.25) is 5.88 Å². The van der Waals surface area contributed by atoms with E-state index in [9.17, 15) is 0 Å². The highest BCUT2D eigenvalue weighted by molar-refractivity contribution is 5.27. The Bertz CT molecular complexity index is 313. The van der Waals surface area contributed by atoms with Crippen LogP contribution in [-0.2, 0) is 6.54 Å². The van der Waals surface area contributed by atoms with Crippen molar-refractivity contribution >= 4 is 0 Å². The van der Waals surface area contributed by atoms with Gasteiger partial charge in [0.1, 0.15) is 0 Å². The molecule has 0 saturated heterocycles. The van der Waals surface area contributed by atoms with Gasteiger partial charge < -0.3 is 10.5 Å². The molecule has 0 atom stereocenters. The molecule has 0 aliphatic carbocycles. The number of aryl methyl sites for hydroxylation is 1. The summed E-state index contributed by atoms with van der Waals surface area (Å²) in [6.45, 7) is 5.39. The Morgan fingerprint density at radius 2 is 2.06 bits per heavy atom. The first-order valence-electron chi connectivity index (χ1n) is 6.07. The lowest BCUT2D eigenvalue weighted by Gasteiger charge is -2.09. The molecule has 0 unspecified atom stereocenters. The third kappa shape index (κ3) is 4.19. The minimum absolute atomic E-state index is 0.484. The van der Waals surface area contributed by atoms with Crippen LogP contribution in [0.5, 0.6) is 5.88 Å². The summed E-state index contributed by atoms with van der Waals surface area (Å²) in [6.07, 6.45) is 4.83. The summed E-state index contributed by atoms with van der Waals surface area (Å²) >= 11 is 0. The quantitative estimate of drug-likeness (QED) is 0.722. The van der Waals surface area contributed by atoms with Gasteiger partial charge in [-0.05, 0) is 19.4 Å². The van der Waals surface area contributed by atoms with Gasteiger partial charge in [0.25, 0.3) is 0 Å². The first-order chi connectivity index (χ1) is 7.77. The minimum atomic E-state index is 0.484. The van der Waals surface area contributed by atoms with E-state index in [2.05, 4.69) is 11.9 Å². The number of nitrogens with two attached hydrogens (primary N) is 1. The maximum atomic E-state index is 5.66. The first-order valence-corrected chi connectivity index (χ1v) is 6.07. The Morgan fingerprint density at radius 3 is 2.75 bits per heavy atom. The fourth-order valence-corrected chi connectivity index (χ4v) is 1.54. The molecule has 0 amide bonds. The van der Waals surface area contributed by atoms with E-state index < -0.39 is 0 Å². The monoisotopic (exact) mass is 222 g/mol. The Balaban J connectivity index is 2.42. The third-order valence-corrected chi connectivity index (χ3v) is 2.53. The summed E-state index contributed by atoms with van der Waals surface area (Å²) in [5, 5.41) is 0. The summed E-state index contributed by atoms with van der Waals surface area (Å²) in [5.74, 6) is 0.707. The minimum Gasteiger partial charge on any atom is -0.477 e. The second-order valence-electron chi connectivity index (χ2n) is 4.03. The van der Waals surface area contributed by atoms with Crippen molar-refractivity contribution < 1.29 is 4.74 Å². The zero-order valence-electron chi connectivity index (χ0n) is 10.3. The lowest BCUT2D eigenvalue weighted by molar-refractivity contribution is 0.290. The summed E-state index contributed by atoms with van der Waals surface area (Å²) in [5.41, 5.74) is 7.59. The van der Waals surface area contributed by atoms with Crippen molar-refractivity contribution in [3.05, 3.63) is 23.4 Å². The molecule has 0 bridgehead atoms. The Hall–Kier alpha value is -1.09. The molecular formula is C13H22N2O. The maximum Gasteiger partial charge on any atom is 0.218 e. The largest absolute Gasteiger partial charge is 0.477 e. The van der Waals surface area contributed by atoms with Crippen molar-refractivity contribution in [3.8, 4) is 5.88 Å². The van der Waals surface area contributed by atoms with E-state index in [-0.39, 0.29) is 0 Å². The van der Waals surface area contributed by atoms with Crippen LogP contribution in [0.3, 0.4) is 0 Å². The van der Waals surface area contributed by atoms with Gasteiger partial charge in [-0.3, -0.25) is 0 Å². The van der Waals surface area contributed by atoms with Crippen molar-refractivity contribution in [2.45, 2.75) is 46.1 Å². The molecule has 16 heavy (non-hydrogen) atoms. The zero-order valence-corrected chi connectivity index (χ0v) is 10.3. The maximum absolute atomic E-state index is 5.66. The number of hydrogen-bond acceptors (Lipinski definition) is 3. The molecule has 3 heteroatoms. The van der Waals surface area contributed by atoms with Crippen LogP contribution in [0.4, 0.5) is 0 Å². The van der Waals surface area contributed by atoms with Crippen molar-refractivity contribution in [3.63, 3.8) is 0 Å². The Labute approximate surface area is 98.0 Å². The van der Waals surface area contributed by atoms with Gasteiger partial charge in [0.05, 0.1) is 6.61 Å². The average Bonchev–Trinajstić information content (AvgIpc) is 2.29. The molecule has 1 rings (SSSR count). The van der Waals surface area contributed by atoms with E-state index in [1.807, 2.05) is 19.1 Å². The Kier molecular flexibility index (Phi) is 5.86. The molecule has 0 aromatic carbocycles. The van der Waals surface area contributed by atoms with Crippen LogP contribution in [0.1, 0.15) is 43.9 Å². The normalized spacial score (nSPS) is 10.4. The van der Waals surface area contributed by atoms with Crippen LogP contribution >= 0.6 is 0 Å². The summed E-state index contributed by atoms with van der Waals surface area (Å²) < 4.78 is 5.66. The van der Waals surface area contributed by atoms with E-state index >= 15 is 0 Å². The topological polar surface area (TPSA) is 48.1 Å². The molecule has 90 valence electrons. The molecule has 0 aliphatic rings. The lowest BCUT2D eigenvalue weighted by atomic mass is 10.2. The van der Waals surface area contributed by atoms with Gasteiger partial charge in [-0.2, -0.15) is 0 Å².